The van der Waals surface area contributed by atoms with E-state index in [1.165, 1.54) is 0 Å². The summed E-state index contributed by atoms with van der Waals surface area (Å²) in [5.41, 5.74) is 1.23. The van der Waals surface area contributed by atoms with E-state index >= 15 is 0 Å². The van der Waals surface area contributed by atoms with Crippen LogP contribution in [0.25, 0.3) is 0 Å². The molecule has 1 N–H and O–H groups in total. The Kier molecular flexibility index (Phi) is 1.60. The van der Waals surface area contributed by atoms with E-state index in [4.69, 9.17) is 5.11 Å². The molecule has 1 aromatic heterocycles. The normalized spacial score (nSPS) is 15.7. The number of aromatic carboxylic acids is 1. The van der Waals surface area contributed by atoms with E-state index in [1.54, 1.807) is 10.7 Å². The van der Waals surface area contributed by atoms with Crippen LogP contribution < -0.4 is 0 Å². The van der Waals surface area contributed by atoms with Crippen molar-refractivity contribution in [3.05, 3.63) is 17.5 Å². The van der Waals surface area contributed by atoms with Crippen molar-refractivity contribution in [1.82, 2.24) is 9.78 Å². The van der Waals surface area contributed by atoms with Gasteiger partial charge in [-0.3, -0.25) is 4.68 Å². The molecule has 0 saturated heterocycles. The molecule has 0 aliphatic carbocycles. The molecule has 0 fully saturated rings. The summed E-state index contributed by atoms with van der Waals surface area (Å²) in [4.78, 5) is 10.5. The fraction of sp³-hybridized carbons (Fsp3) is 0.500. The zero-order chi connectivity index (χ0) is 8.55. The number of nitrogens with zero attached hydrogens (tertiary/aromatic N) is 2. The standard InChI is InChI=1S/C8H10N2O2/c11-8(12)7-5-6-3-1-2-4-10(6)9-7/h5H,1-4H2,(H,11,12). The minimum absolute atomic E-state index is 0.173. The molecule has 0 radical (unpaired) electrons. The van der Waals surface area contributed by atoms with Crippen molar-refractivity contribution in [3.63, 3.8) is 0 Å². The molecule has 1 aromatic rings. The highest BCUT2D eigenvalue weighted by Gasteiger charge is 2.15. The first-order valence-electron chi connectivity index (χ1n) is 4.07. The van der Waals surface area contributed by atoms with E-state index in [-0.39, 0.29) is 5.69 Å². The lowest BCUT2D eigenvalue weighted by Gasteiger charge is -2.11. The van der Waals surface area contributed by atoms with Crippen LogP contribution >= 0.6 is 0 Å². The van der Waals surface area contributed by atoms with Crippen molar-refractivity contribution in [3.8, 4) is 0 Å². The highest BCUT2D eigenvalue weighted by atomic mass is 16.4. The van der Waals surface area contributed by atoms with Gasteiger partial charge >= 0.3 is 5.97 Å². The lowest BCUT2D eigenvalue weighted by Crippen LogP contribution is -2.11. The molecule has 4 heteroatoms. The molecule has 0 saturated carbocycles. The Labute approximate surface area is 69.8 Å². The summed E-state index contributed by atoms with van der Waals surface area (Å²) < 4.78 is 1.80. The molecule has 12 heavy (non-hydrogen) atoms. The van der Waals surface area contributed by atoms with Crippen LogP contribution in [0, 0.1) is 0 Å². The molecule has 1 aliphatic heterocycles. The maximum Gasteiger partial charge on any atom is 0.356 e. The van der Waals surface area contributed by atoms with Crippen molar-refractivity contribution in [2.45, 2.75) is 25.8 Å². The third kappa shape index (κ3) is 1.09. The number of carboxylic acids is 1. The molecule has 0 atom stereocenters. The first-order chi connectivity index (χ1) is 5.77. The molecular formula is C8H10N2O2. The van der Waals surface area contributed by atoms with Crippen LogP contribution in [0.3, 0.4) is 0 Å². The van der Waals surface area contributed by atoms with E-state index in [9.17, 15) is 4.79 Å². The summed E-state index contributed by atoms with van der Waals surface area (Å²) in [6.07, 6.45) is 3.21. The van der Waals surface area contributed by atoms with Crippen molar-refractivity contribution >= 4 is 5.97 Å². The Morgan fingerprint density at radius 3 is 3.08 bits per heavy atom. The average Bonchev–Trinajstić information content (AvgIpc) is 2.46. The molecule has 1 aliphatic rings. The lowest BCUT2D eigenvalue weighted by molar-refractivity contribution is 0.0689. The van der Waals surface area contributed by atoms with E-state index in [1.807, 2.05) is 0 Å². The number of hydrogen-bond donors (Lipinski definition) is 1. The molecule has 64 valence electrons. The van der Waals surface area contributed by atoms with Gasteiger partial charge in [-0.05, 0) is 25.3 Å². The van der Waals surface area contributed by atoms with Gasteiger partial charge < -0.3 is 5.11 Å². The SMILES string of the molecule is O=C(O)c1cc2n(n1)CCCC2. The van der Waals surface area contributed by atoms with E-state index < -0.39 is 5.97 Å². The summed E-state index contributed by atoms with van der Waals surface area (Å²) in [5, 5.41) is 12.6. The third-order valence-corrected chi connectivity index (χ3v) is 2.14. The summed E-state index contributed by atoms with van der Waals surface area (Å²) in [7, 11) is 0. The highest BCUT2D eigenvalue weighted by Crippen LogP contribution is 2.14. The Hall–Kier alpha value is -1.32. The largest absolute Gasteiger partial charge is 0.476 e. The Balaban J connectivity index is 2.38. The summed E-state index contributed by atoms with van der Waals surface area (Å²) >= 11 is 0. The Morgan fingerprint density at radius 2 is 2.42 bits per heavy atom. The van der Waals surface area contributed by atoms with Crippen LogP contribution in [-0.4, -0.2) is 20.9 Å². The molecule has 0 aromatic carbocycles. The van der Waals surface area contributed by atoms with Gasteiger partial charge in [-0.15, -0.1) is 0 Å². The van der Waals surface area contributed by atoms with Crippen LogP contribution in [-0.2, 0) is 13.0 Å². The van der Waals surface area contributed by atoms with Crippen molar-refractivity contribution in [1.29, 1.82) is 0 Å². The molecule has 2 rings (SSSR count). The number of carboxylic acid groups (broad SMARTS) is 1. The second kappa shape index (κ2) is 2.62. The molecular weight excluding hydrogens is 156 g/mol. The van der Waals surface area contributed by atoms with E-state index in [0.29, 0.717) is 0 Å². The number of hydrogen-bond acceptors (Lipinski definition) is 2. The van der Waals surface area contributed by atoms with Crippen molar-refractivity contribution < 1.29 is 9.90 Å². The predicted octanol–water partition coefficient (Wildman–Crippen LogP) is 0.918. The second-order valence-electron chi connectivity index (χ2n) is 3.01. The van der Waals surface area contributed by atoms with Crippen LogP contribution in [0.2, 0.25) is 0 Å². The van der Waals surface area contributed by atoms with E-state index in [0.717, 1.165) is 31.5 Å². The van der Waals surface area contributed by atoms with Gasteiger partial charge in [-0.1, -0.05) is 0 Å². The summed E-state index contributed by atoms with van der Waals surface area (Å²) in [6.45, 7) is 0.864. The molecule has 2 heterocycles. The predicted molar refractivity (Wildman–Crippen MR) is 42.1 cm³/mol. The van der Waals surface area contributed by atoms with Crippen LogP contribution in [0.4, 0.5) is 0 Å². The van der Waals surface area contributed by atoms with Crippen LogP contribution in [0.5, 0.6) is 0 Å². The number of carbonyl (C=O) groups is 1. The maximum absolute atomic E-state index is 10.5. The van der Waals surface area contributed by atoms with Gasteiger partial charge in [0, 0.05) is 12.2 Å². The quantitative estimate of drug-likeness (QED) is 0.674. The molecule has 0 bridgehead atoms. The minimum atomic E-state index is -0.933. The fourth-order valence-electron chi connectivity index (χ4n) is 1.52. The summed E-state index contributed by atoms with van der Waals surface area (Å²) in [6, 6.07) is 1.67. The third-order valence-electron chi connectivity index (χ3n) is 2.14. The van der Waals surface area contributed by atoms with Gasteiger partial charge in [-0.2, -0.15) is 5.10 Å². The Bertz CT molecular complexity index is 293. The first kappa shape index (κ1) is 7.34. The topological polar surface area (TPSA) is 55.1 Å². The fourth-order valence-corrected chi connectivity index (χ4v) is 1.52. The number of aryl methyl sites for hydroxylation is 2. The Morgan fingerprint density at radius 1 is 1.58 bits per heavy atom. The molecule has 4 nitrogen and oxygen atoms in total. The monoisotopic (exact) mass is 166 g/mol. The zero-order valence-corrected chi connectivity index (χ0v) is 6.66. The van der Waals surface area contributed by atoms with E-state index in [2.05, 4.69) is 5.10 Å². The zero-order valence-electron chi connectivity index (χ0n) is 6.66. The summed E-state index contributed by atoms with van der Waals surface area (Å²) in [5.74, 6) is -0.933. The van der Waals surface area contributed by atoms with Crippen molar-refractivity contribution in [2.75, 3.05) is 0 Å². The highest BCUT2D eigenvalue weighted by molar-refractivity contribution is 5.85. The van der Waals surface area contributed by atoms with Gasteiger partial charge in [0.2, 0.25) is 0 Å². The van der Waals surface area contributed by atoms with Gasteiger partial charge in [0.15, 0.2) is 5.69 Å². The first-order valence-corrected chi connectivity index (χ1v) is 4.07. The maximum atomic E-state index is 10.5. The number of aromatic nitrogens is 2. The number of rotatable bonds is 1. The smallest absolute Gasteiger partial charge is 0.356 e. The van der Waals surface area contributed by atoms with Crippen LogP contribution in [0.1, 0.15) is 29.0 Å². The molecule has 0 unspecified atom stereocenters. The lowest BCUT2D eigenvalue weighted by atomic mass is 10.1. The molecule has 0 amide bonds. The van der Waals surface area contributed by atoms with Gasteiger partial charge in [-0.25, -0.2) is 4.79 Å². The van der Waals surface area contributed by atoms with Crippen molar-refractivity contribution in [2.24, 2.45) is 0 Å². The van der Waals surface area contributed by atoms with Gasteiger partial charge in [0.25, 0.3) is 0 Å². The second-order valence-corrected chi connectivity index (χ2v) is 3.01. The van der Waals surface area contributed by atoms with Gasteiger partial charge in [0.1, 0.15) is 0 Å². The number of fused-ring (bicyclic) bond motifs is 1. The minimum Gasteiger partial charge on any atom is -0.476 e. The average molecular weight is 166 g/mol. The van der Waals surface area contributed by atoms with Gasteiger partial charge in [0.05, 0.1) is 0 Å². The molecule has 0 spiro atoms. The van der Waals surface area contributed by atoms with Crippen LogP contribution in [0.15, 0.2) is 6.07 Å².